The molecule has 2 aromatic carbocycles. The molecule has 0 aliphatic carbocycles. The van der Waals surface area contributed by atoms with Crippen LogP contribution in [0.15, 0.2) is 48.5 Å². The first-order valence-electron chi connectivity index (χ1n) is 8.17. The summed E-state index contributed by atoms with van der Waals surface area (Å²) in [6.45, 7) is 0.973. The van der Waals surface area contributed by atoms with Crippen LogP contribution in [0.5, 0.6) is 11.5 Å². The van der Waals surface area contributed by atoms with Crippen molar-refractivity contribution in [3.05, 3.63) is 59.1 Å². The van der Waals surface area contributed by atoms with Crippen LogP contribution in [0.4, 0.5) is 0 Å². The van der Waals surface area contributed by atoms with E-state index in [1.165, 1.54) is 0 Å². The van der Waals surface area contributed by atoms with E-state index in [1.54, 1.807) is 53.4 Å². The van der Waals surface area contributed by atoms with Gasteiger partial charge in [-0.05, 0) is 42.5 Å². The van der Waals surface area contributed by atoms with Crippen molar-refractivity contribution >= 4 is 23.5 Å². The van der Waals surface area contributed by atoms with Crippen LogP contribution in [0.25, 0.3) is 0 Å². The van der Waals surface area contributed by atoms with Gasteiger partial charge in [-0.2, -0.15) is 0 Å². The monoisotopic (exact) mass is 375 g/mol. The topological polar surface area (TPSA) is 76.1 Å². The lowest BCUT2D eigenvalue weighted by Gasteiger charge is -2.34. The molecule has 0 radical (unpaired) electrons. The number of carboxylic acid groups (broad SMARTS) is 1. The maximum atomic E-state index is 12.8. The van der Waals surface area contributed by atoms with Gasteiger partial charge in [0.25, 0.3) is 5.91 Å². The Bertz CT molecular complexity index is 793. The highest BCUT2D eigenvalue weighted by molar-refractivity contribution is 6.30. The number of aliphatic carboxylic acids is 1. The summed E-state index contributed by atoms with van der Waals surface area (Å²) in [6.07, 6.45) is -0.146. The standard InChI is InChI=1S/C19H18ClNO5/c20-14-4-6-16(7-5-14)26-17-3-1-2-13(10-17)19(24)21-8-9-25-12-15(21)11-18(22)23/h1-7,10,15H,8-9,11-12H2,(H,22,23). The van der Waals surface area contributed by atoms with Crippen molar-refractivity contribution in [3.63, 3.8) is 0 Å². The Balaban J connectivity index is 1.76. The number of carbonyl (C=O) groups excluding carboxylic acids is 1. The van der Waals surface area contributed by atoms with E-state index >= 15 is 0 Å². The van der Waals surface area contributed by atoms with E-state index in [0.717, 1.165) is 0 Å². The third kappa shape index (κ3) is 4.53. The van der Waals surface area contributed by atoms with Crippen molar-refractivity contribution in [2.45, 2.75) is 12.5 Å². The minimum atomic E-state index is -0.960. The van der Waals surface area contributed by atoms with Gasteiger partial charge >= 0.3 is 5.97 Å². The van der Waals surface area contributed by atoms with Gasteiger partial charge in [0.15, 0.2) is 0 Å². The van der Waals surface area contributed by atoms with Crippen LogP contribution in [0.2, 0.25) is 5.02 Å². The number of hydrogen-bond donors (Lipinski definition) is 1. The molecule has 1 saturated heterocycles. The van der Waals surface area contributed by atoms with E-state index in [-0.39, 0.29) is 18.9 Å². The number of carbonyl (C=O) groups is 2. The Kier molecular flexibility index (Phi) is 5.75. The van der Waals surface area contributed by atoms with Gasteiger partial charge in [0.1, 0.15) is 11.5 Å². The first kappa shape index (κ1) is 18.2. The number of ether oxygens (including phenoxy) is 2. The van der Waals surface area contributed by atoms with Crippen LogP contribution >= 0.6 is 11.6 Å². The zero-order valence-corrected chi connectivity index (χ0v) is 14.7. The molecule has 6 nitrogen and oxygen atoms in total. The molecule has 1 N–H and O–H groups in total. The summed E-state index contributed by atoms with van der Waals surface area (Å²) in [5.74, 6) is -0.0745. The van der Waals surface area contributed by atoms with Crippen LogP contribution in [-0.4, -0.2) is 47.7 Å². The number of amides is 1. The molecule has 1 atom stereocenters. The Labute approximate surface area is 155 Å². The summed E-state index contributed by atoms with van der Waals surface area (Å²) in [6, 6.07) is 13.2. The van der Waals surface area contributed by atoms with Crippen LogP contribution in [-0.2, 0) is 9.53 Å². The molecule has 1 amide bonds. The van der Waals surface area contributed by atoms with Gasteiger partial charge in [0, 0.05) is 17.1 Å². The Morgan fingerprint density at radius 2 is 1.96 bits per heavy atom. The number of morpholine rings is 1. The Morgan fingerprint density at radius 3 is 2.69 bits per heavy atom. The van der Waals surface area contributed by atoms with Crippen LogP contribution in [0.1, 0.15) is 16.8 Å². The van der Waals surface area contributed by atoms with Crippen molar-refractivity contribution < 1.29 is 24.2 Å². The first-order valence-corrected chi connectivity index (χ1v) is 8.55. The fraction of sp³-hybridized carbons (Fsp3) is 0.263. The highest BCUT2D eigenvalue weighted by atomic mass is 35.5. The lowest BCUT2D eigenvalue weighted by molar-refractivity contribution is -0.139. The lowest BCUT2D eigenvalue weighted by atomic mass is 10.1. The Hall–Kier alpha value is -2.57. The molecule has 1 heterocycles. The third-order valence-corrected chi connectivity index (χ3v) is 4.28. The summed E-state index contributed by atoms with van der Waals surface area (Å²) in [4.78, 5) is 25.4. The fourth-order valence-electron chi connectivity index (χ4n) is 2.79. The van der Waals surface area contributed by atoms with Crippen molar-refractivity contribution in [2.24, 2.45) is 0 Å². The van der Waals surface area contributed by atoms with Crippen LogP contribution in [0.3, 0.4) is 0 Å². The lowest BCUT2D eigenvalue weighted by Crippen LogP contribution is -2.49. The maximum absolute atomic E-state index is 12.8. The van der Waals surface area contributed by atoms with E-state index in [4.69, 9.17) is 26.2 Å². The molecule has 1 fully saturated rings. The van der Waals surface area contributed by atoms with Gasteiger partial charge in [-0.1, -0.05) is 17.7 Å². The van der Waals surface area contributed by atoms with Crippen molar-refractivity contribution in [1.82, 2.24) is 4.90 Å². The predicted octanol–water partition coefficient (Wildman–Crippen LogP) is 3.45. The molecule has 0 aromatic heterocycles. The number of hydrogen-bond acceptors (Lipinski definition) is 4. The van der Waals surface area contributed by atoms with Crippen molar-refractivity contribution in [3.8, 4) is 11.5 Å². The van der Waals surface area contributed by atoms with Crippen molar-refractivity contribution in [2.75, 3.05) is 19.8 Å². The van der Waals surface area contributed by atoms with Gasteiger partial charge in [0.2, 0.25) is 0 Å². The molecule has 1 unspecified atom stereocenters. The summed E-state index contributed by atoms with van der Waals surface area (Å²) in [5, 5.41) is 9.65. The molecule has 0 spiro atoms. The second kappa shape index (κ2) is 8.21. The normalized spacial score (nSPS) is 17.0. The van der Waals surface area contributed by atoms with Crippen LogP contribution in [0, 0.1) is 0 Å². The molecule has 1 aliphatic rings. The molecule has 26 heavy (non-hydrogen) atoms. The highest BCUT2D eigenvalue weighted by Crippen LogP contribution is 2.25. The molecule has 7 heteroatoms. The van der Waals surface area contributed by atoms with E-state index < -0.39 is 12.0 Å². The Morgan fingerprint density at radius 1 is 1.19 bits per heavy atom. The molecule has 3 rings (SSSR count). The maximum Gasteiger partial charge on any atom is 0.305 e. The average molecular weight is 376 g/mol. The zero-order valence-electron chi connectivity index (χ0n) is 13.9. The first-order chi connectivity index (χ1) is 12.5. The molecular weight excluding hydrogens is 358 g/mol. The second-order valence-corrected chi connectivity index (χ2v) is 6.35. The van der Waals surface area contributed by atoms with E-state index in [0.29, 0.717) is 35.2 Å². The third-order valence-electron chi connectivity index (χ3n) is 4.03. The minimum absolute atomic E-state index is 0.146. The second-order valence-electron chi connectivity index (χ2n) is 5.91. The predicted molar refractivity (Wildman–Crippen MR) is 95.9 cm³/mol. The van der Waals surface area contributed by atoms with Gasteiger partial charge in [-0.25, -0.2) is 0 Å². The summed E-state index contributed by atoms with van der Waals surface area (Å²) < 4.78 is 11.1. The van der Waals surface area contributed by atoms with Crippen LogP contribution < -0.4 is 4.74 Å². The number of rotatable bonds is 5. The number of carboxylic acids is 1. The largest absolute Gasteiger partial charge is 0.481 e. The number of halogens is 1. The van der Waals surface area contributed by atoms with Gasteiger partial charge in [-0.15, -0.1) is 0 Å². The van der Waals surface area contributed by atoms with Gasteiger partial charge in [0.05, 0.1) is 25.7 Å². The summed E-state index contributed by atoms with van der Waals surface area (Å²) >= 11 is 5.86. The smallest absolute Gasteiger partial charge is 0.305 e. The molecule has 2 aromatic rings. The fourth-order valence-corrected chi connectivity index (χ4v) is 2.92. The highest BCUT2D eigenvalue weighted by Gasteiger charge is 2.29. The zero-order chi connectivity index (χ0) is 18.5. The molecule has 1 aliphatic heterocycles. The van der Waals surface area contributed by atoms with Crippen molar-refractivity contribution in [1.29, 1.82) is 0 Å². The van der Waals surface area contributed by atoms with E-state index in [2.05, 4.69) is 0 Å². The van der Waals surface area contributed by atoms with Gasteiger partial charge < -0.3 is 19.5 Å². The van der Waals surface area contributed by atoms with E-state index in [1.807, 2.05) is 0 Å². The average Bonchev–Trinajstić information content (AvgIpc) is 2.63. The molecule has 136 valence electrons. The molecule has 0 bridgehead atoms. The van der Waals surface area contributed by atoms with Gasteiger partial charge in [-0.3, -0.25) is 9.59 Å². The van der Waals surface area contributed by atoms with E-state index in [9.17, 15) is 9.59 Å². The number of benzene rings is 2. The SMILES string of the molecule is O=C(O)CC1COCCN1C(=O)c1cccc(Oc2ccc(Cl)cc2)c1. The molecule has 0 saturated carbocycles. The number of nitrogens with zero attached hydrogens (tertiary/aromatic N) is 1. The quantitative estimate of drug-likeness (QED) is 0.866. The minimum Gasteiger partial charge on any atom is -0.481 e. The summed E-state index contributed by atoms with van der Waals surface area (Å²) in [7, 11) is 0. The summed E-state index contributed by atoms with van der Waals surface area (Å²) in [5.41, 5.74) is 0.439. The molecular formula is C19H18ClNO5.